The number of nitrogens with one attached hydrogen (secondary N) is 1. The van der Waals surface area contributed by atoms with Gasteiger partial charge in [0.2, 0.25) is 0 Å². The van der Waals surface area contributed by atoms with Gasteiger partial charge in [0.25, 0.3) is 0 Å². The fraction of sp³-hybridized carbons (Fsp3) is 1.00. The molecule has 3 aliphatic carbocycles. The van der Waals surface area contributed by atoms with E-state index >= 15 is 0 Å². The quantitative estimate of drug-likeness (QED) is 0.743. The van der Waals surface area contributed by atoms with Crippen LogP contribution in [0.15, 0.2) is 0 Å². The smallest absolute Gasteiger partial charge is 0.0774 e. The molecule has 2 N–H and O–H groups in total. The fourth-order valence-corrected chi connectivity index (χ4v) is 3.14. The molecule has 0 heterocycles. The maximum absolute atomic E-state index is 10.5. The number of hydrogen-bond donors (Lipinski definition) is 2. The van der Waals surface area contributed by atoms with Crippen molar-refractivity contribution in [1.82, 2.24) is 5.32 Å². The van der Waals surface area contributed by atoms with Crippen LogP contribution in [0.1, 0.15) is 51.4 Å². The van der Waals surface area contributed by atoms with Crippen LogP contribution in [0.5, 0.6) is 0 Å². The molecule has 3 fully saturated rings. The third kappa shape index (κ3) is 2.54. The second-order valence-corrected chi connectivity index (χ2v) is 6.07. The standard InChI is InChI=1S/C13H23NO/c15-13(9-14-12-5-6-12)7-1-2-11(8-13)10-3-4-10/h10-12,14-15H,1-9H2. The molecule has 3 aliphatic rings. The Morgan fingerprint density at radius 1 is 1.07 bits per heavy atom. The van der Waals surface area contributed by atoms with Gasteiger partial charge in [-0.15, -0.1) is 0 Å². The van der Waals surface area contributed by atoms with Crippen molar-refractivity contribution in [3.05, 3.63) is 0 Å². The molecule has 0 aromatic heterocycles. The van der Waals surface area contributed by atoms with E-state index in [4.69, 9.17) is 0 Å². The van der Waals surface area contributed by atoms with Crippen molar-refractivity contribution in [2.75, 3.05) is 6.54 Å². The predicted molar refractivity (Wildman–Crippen MR) is 60.7 cm³/mol. The van der Waals surface area contributed by atoms with Gasteiger partial charge in [0.15, 0.2) is 0 Å². The Kier molecular flexibility index (Phi) is 2.52. The van der Waals surface area contributed by atoms with Crippen LogP contribution in [0.2, 0.25) is 0 Å². The van der Waals surface area contributed by atoms with E-state index in [0.717, 1.165) is 37.3 Å². The van der Waals surface area contributed by atoms with Gasteiger partial charge in [-0.1, -0.05) is 6.42 Å². The molecule has 0 spiro atoms. The van der Waals surface area contributed by atoms with Crippen LogP contribution in [0, 0.1) is 11.8 Å². The lowest BCUT2D eigenvalue weighted by Gasteiger charge is -2.37. The van der Waals surface area contributed by atoms with Crippen LogP contribution in [0.4, 0.5) is 0 Å². The molecule has 0 amide bonds. The molecule has 0 radical (unpaired) electrons. The normalized spacial score (nSPS) is 41.8. The average molecular weight is 209 g/mol. The van der Waals surface area contributed by atoms with E-state index in [9.17, 15) is 5.11 Å². The molecule has 0 aliphatic heterocycles. The first-order valence-corrected chi connectivity index (χ1v) is 6.71. The van der Waals surface area contributed by atoms with E-state index in [1.807, 2.05) is 0 Å². The fourth-order valence-electron chi connectivity index (χ4n) is 3.14. The van der Waals surface area contributed by atoms with Gasteiger partial charge in [-0.25, -0.2) is 0 Å². The summed E-state index contributed by atoms with van der Waals surface area (Å²) in [7, 11) is 0. The van der Waals surface area contributed by atoms with Crippen molar-refractivity contribution in [2.45, 2.75) is 63.0 Å². The van der Waals surface area contributed by atoms with E-state index in [1.165, 1.54) is 38.5 Å². The first kappa shape index (κ1) is 10.1. The zero-order valence-corrected chi connectivity index (χ0v) is 9.54. The molecule has 2 unspecified atom stereocenters. The Balaban J connectivity index is 1.52. The van der Waals surface area contributed by atoms with E-state index in [0.29, 0.717) is 0 Å². The lowest BCUT2D eigenvalue weighted by molar-refractivity contribution is -0.0190. The van der Waals surface area contributed by atoms with Crippen molar-refractivity contribution >= 4 is 0 Å². The molecular formula is C13H23NO. The van der Waals surface area contributed by atoms with Gasteiger partial charge in [0.1, 0.15) is 0 Å². The topological polar surface area (TPSA) is 32.3 Å². The van der Waals surface area contributed by atoms with Crippen LogP contribution in [-0.4, -0.2) is 23.3 Å². The minimum atomic E-state index is -0.367. The SMILES string of the molecule is OC1(CNC2CC2)CCCC(C2CC2)C1. The molecule has 0 aromatic rings. The third-order valence-electron chi connectivity index (χ3n) is 4.45. The zero-order chi connectivity index (χ0) is 10.3. The lowest BCUT2D eigenvalue weighted by Crippen LogP contribution is -2.45. The number of hydrogen-bond acceptors (Lipinski definition) is 2. The molecule has 15 heavy (non-hydrogen) atoms. The van der Waals surface area contributed by atoms with Crippen molar-refractivity contribution in [3.8, 4) is 0 Å². The second kappa shape index (κ2) is 3.74. The second-order valence-electron chi connectivity index (χ2n) is 6.07. The van der Waals surface area contributed by atoms with Crippen molar-refractivity contribution in [3.63, 3.8) is 0 Å². The molecule has 2 nitrogen and oxygen atoms in total. The summed E-state index contributed by atoms with van der Waals surface area (Å²) in [5.41, 5.74) is -0.367. The van der Waals surface area contributed by atoms with Gasteiger partial charge < -0.3 is 10.4 Å². The Labute approximate surface area is 92.4 Å². The Bertz CT molecular complexity index is 235. The van der Waals surface area contributed by atoms with Gasteiger partial charge in [-0.3, -0.25) is 0 Å². The van der Waals surface area contributed by atoms with Gasteiger partial charge in [0, 0.05) is 12.6 Å². The molecule has 86 valence electrons. The van der Waals surface area contributed by atoms with E-state index in [2.05, 4.69) is 5.32 Å². The van der Waals surface area contributed by atoms with E-state index in [-0.39, 0.29) is 5.60 Å². The molecular weight excluding hydrogens is 186 g/mol. The van der Waals surface area contributed by atoms with Gasteiger partial charge >= 0.3 is 0 Å². The molecule has 2 heteroatoms. The van der Waals surface area contributed by atoms with E-state index < -0.39 is 0 Å². The van der Waals surface area contributed by atoms with Gasteiger partial charge in [-0.2, -0.15) is 0 Å². The van der Waals surface area contributed by atoms with Crippen LogP contribution in [-0.2, 0) is 0 Å². The molecule has 3 rings (SSSR count). The van der Waals surface area contributed by atoms with Gasteiger partial charge in [0.05, 0.1) is 5.60 Å². The Morgan fingerprint density at radius 3 is 2.53 bits per heavy atom. The maximum atomic E-state index is 10.5. The van der Waals surface area contributed by atoms with Crippen LogP contribution < -0.4 is 5.32 Å². The summed E-state index contributed by atoms with van der Waals surface area (Å²) in [6, 6.07) is 0.732. The maximum Gasteiger partial charge on any atom is 0.0774 e. The molecule has 3 saturated carbocycles. The van der Waals surface area contributed by atoms with Crippen LogP contribution >= 0.6 is 0 Å². The molecule has 0 aromatic carbocycles. The Morgan fingerprint density at radius 2 is 1.87 bits per heavy atom. The highest BCUT2D eigenvalue weighted by molar-refractivity contribution is 4.95. The average Bonchev–Trinajstić information content (AvgIpc) is 3.08. The van der Waals surface area contributed by atoms with Crippen LogP contribution in [0.25, 0.3) is 0 Å². The van der Waals surface area contributed by atoms with Crippen molar-refractivity contribution in [1.29, 1.82) is 0 Å². The summed E-state index contributed by atoms with van der Waals surface area (Å²) in [4.78, 5) is 0. The number of aliphatic hydroxyl groups is 1. The summed E-state index contributed by atoms with van der Waals surface area (Å²) in [5, 5.41) is 14.0. The molecule has 2 atom stereocenters. The lowest BCUT2D eigenvalue weighted by atomic mass is 9.76. The monoisotopic (exact) mass is 209 g/mol. The Hall–Kier alpha value is -0.0800. The van der Waals surface area contributed by atoms with Crippen molar-refractivity contribution < 1.29 is 5.11 Å². The highest BCUT2D eigenvalue weighted by Crippen LogP contribution is 2.46. The summed E-state index contributed by atoms with van der Waals surface area (Å²) in [6.07, 6.45) is 10.2. The van der Waals surface area contributed by atoms with Crippen LogP contribution in [0.3, 0.4) is 0 Å². The third-order valence-corrected chi connectivity index (χ3v) is 4.45. The first-order valence-electron chi connectivity index (χ1n) is 6.71. The summed E-state index contributed by atoms with van der Waals surface area (Å²) >= 11 is 0. The largest absolute Gasteiger partial charge is 0.389 e. The molecule has 0 saturated heterocycles. The highest BCUT2D eigenvalue weighted by Gasteiger charge is 2.41. The molecule has 0 bridgehead atoms. The highest BCUT2D eigenvalue weighted by atomic mass is 16.3. The summed E-state index contributed by atoms with van der Waals surface area (Å²) in [5.74, 6) is 1.81. The van der Waals surface area contributed by atoms with Gasteiger partial charge in [-0.05, 0) is 56.8 Å². The predicted octanol–water partition coefficient (Wildman–Crippen LogP) is 2.07. The minimum absolute atomic E-state index is 0.367. The van der Waals surface area contributed by atoms with Crippen molar-refractivity contribution in [2.24, 2.45) is 11.8 Å². The number of rotatable bonds is 4. The first-order chi connectivity index (χ1) is 7.25. The zero-order valence-electron chi connectivity index (χ0n) is 9.54. The minimum Gasteiger partial charge on any atom is -0.389 e. The summed E-state index contributed by atoms with van der Waals surface area (Å²) < 4.78 is 0. The summed E-state index contributed by atoms with van der Waals surface area (Å²) in [6.45, 7) is 0.848. The van der Waals surface area contributed by atoms with E-state index in [1.54, 1.807) is 0 Å².